The SMILES string of the molecule is CC(C)CCC(C)(C)c1cc(C=Nc2ccccc2N(C)Cc2cc(Cl)cc(Cl)c2O)c(O)c(C(C)(C)C)c1. The van der Waals surface area contributed by atoms with Gasteiger partial charge in [0, 0.05) is 41.5 Å². The molecule has 2 N–H and O–H groups in total. The summed E-state index contributed by atoms with van der Waals surface area (Å²) in [5.74, 6) is 0.910. The van der Waals surface area contributed by atoms with E-state index < -0.39 is 0 Å². The number of phenolic OH excluding ortho intramolecular Hbond substituents is 2. The Hall–Kier alpha value is -2.69. The summed E-state index contributed by atoms with van der Waals surface area (Å²) in [5, 5.41) is 22.4. The van der Waals surface area contributed by atoms with Gasteiger partial charge < -0.3 is 15.1 Å². The van der Waals surface area contributed by atoms with Gasteiger partial charge in [0.25, 0.3) is 0 Å². The third-order valence-corrected chi connectivity index (χ3v) is 7.73. The molecule has 210 valence electrons. The maximum Gasteiger partial charge on any atom is 0.139 e. The van der Waals surface area contributed by atoms with Gasteiger partial charge in [-0.25, -0.2) is 0 Å². The molecule has 0 heterocycles. The molecule has 0 aliphatic carbocycles. The summed E-state index contributed by atoms with van der Waals surface area (Å²) in [6.07, 6.45) is 3.95. The largest absolute Gasteiger partial charge is 0.507 e. The summed E-state index contributed by atoms with van der Waals surface area (Å²) in [6, 6.07) is 15.3. The lowest BCUT2D eigenvalue weighted by Crippen LogP contribution is -2.21. The highest BCUT2D eigenvalue weighted by atomic mass is 35.5. The lowest BCUT2D eigenvalue weighted by atomic mass is 9.75. The molecule has 4 nitrogen and oxygen atoms in total. The van der Waals surface area contributed by atoms with E-state index in [4.69, 9.17) is 28.2 Å². The highest BCUT2D eigenvalue weighted by molar-refractivity contribution is 6.35. The van der Waals surface area contributed by atoms with E-state index in [1.807, 2.05) is 36.2 Å². The standard InChI is InChI=1S/C33H42Cl2N2O2/c1-21(2)13-14-33(6,7)24-15-22(30(38)26(17-24)32(3,4)5)19-36-28-11-9-10-12-29(28)37(8)20-23-16-25(34)18-27(35)31(23)39/h9-12,15-19,21,38-39H,13-14,20H2,1-8H3. The number of hydrogen-bond acceptors (Lipinski definition) is 4. The first-order valence-corrected chi connectivity index (χ1v) is 14.2. The summed E-state index contributed by atoms with van der Waals surface area (Å²) in [7, 11) is 1.93. The third-order valence-electron chi connectivity index (χ3n) is 7.23. The van der Waals surface area contributed by atoms with Gasteiger partial charge in [0.05, 0.1) is 16.4 Å². The maximum absolute atomic E-state index is 11.3. The van der Waals surface area contributed by atoms with Crippen LogP contribution < -0.4 is 4.90 Å². The Morgan fingerprint density at radius 2 is 1.62 bits per heavy atom. The minimum Gasteiger partial charge on any atom is -0.507 e. The minimum absolute atomic E-state index is 0.0189. The van der Waals surface area contributed by atoms with Crippen molar-refractivity contribution in [3.63, 3.8) is 0 Å². The van der Waals surface area contributed by atoms with Gasteiger partial charge in [-0.05, 0) is 59.1 Å². The second-order valence-corrected chi connectivity index (χ2v) is 13.4. The van der Waals surface area contributed by atoms with Crippen LogP contribution in [0.2, 0.25) is 10.0 Å². The minimum atomic E-state index is -0.227. The van der Waals surface area contributed by atoms with Crippen molar-refractivity contribution in [1.82, 2.24) is 0 Å². The molecular weight excluding hydrogens is 527 g/mol. The Labute approximate surface area is 244 Å². The molecule has 0 spiro atoms. The second kappa shape index (κ2) is 12.2. The zero-order valence-corrected chi connectivity index (χ0v) is 26.0. The smallest absolute Gasteiger partial charge is 0.139 e. The monoisotopic (exact) mass is 568 g/mol. The number of aromatic hydroxyl groups is 2. The molecule has 0 saturated heterocycles. The molecule has 6 heteroatoms. The van der Waals surface area contributed by atoms with Gasteiger partial charge in [-0.3, -0.25) is 4.99 Å². The fraction of sp³-hybridized carbons (Fsp3) is 0.424. The molecule has 0 aliphatic heterocycles. The van der Waals surface area contributed by atoms with Crippen LogP contribution in [0.4, 0.5) is 11.4 Å². The van der Waals surface area contributed by atoms with E-state index in [-0.39, 0.29) is 27.4 Å². The zero-order chi connectivity index (χ0) is 29.1. The Kier molecular flexibility index (Phi) is 9.67. The van der Waals surface area contributed by atoms with Gasteiger partial charge in [-0.15, -0.1) is 0 Å². The van der Waals surface area contributed by atoms with E-state index >= 15 is 0 Å². The molecule has 0 bridgehead atoms. The van der Waals surface area contributed by atoms with Gasteiger partial charge in [0.1, 0.15) is 11.5 Å². The Bertz CT molecular complexity index is 1340. The van der Waals surface area contributed by atoms with Crippen LogP contribution in [0, 0.1) is 5.92 Å². The molecule has 0 unspecified atom stereocenters. The van der Waals surface area contributed by atoms with Crippen molar-refractivity contribution in [3.8, 4) is 11.5 Å². The van der Waals surface area contributed by atoms with E-state index in [9.17, 15) is 10.2 Å². The van der Waals surface area contributed by atoms with Crippen LogP contribution >= 0.6 is 23.2 Å². The molecule has 3 aromatic carbocycles. The average molecular weight is 570 g/mol. The lowest BCUT2D eigenvalue weighted by molar-refractivity contribution is 0.409. The fourth-order valence-corrected chi connectivity index (χ4v) is 5.16. The Morgan fingerprint density at radius 1 is 0.949 bits per heavy atom. The van der Waals surface area contributed by atoms with E-state index in [0.717, 1.165) is 29.8 Å². The summed E-state index contributed by atoms with van der Waals surface area (Å²) < 4.78 is 0. The number of aliphatic imine (C=N–C) groups is 1. The highest BCUT2D eigenvalue weighted by Gasteiger charge is 2.27. The topological polar surface area (TPSA) is 56.1 Å². The summed E-state index contributed by atoms with van der Waals surface area (Å²) in [6.45, 7) is 15.8. The number of rotatable bonds is 9. The van der Waals surface area contributed by atoms with E-state index in [1.54, 1.807) is 12.3 Å². The van der Waals surface area contributed by atoms with Crippen LogP contribution in [0.25, 0.3) is 0 Å². The first kappa shape index (κ1) is 30.8. The number of para-hydroxylation sites is 2. The van der Waals surface area contributed by atoms with Crippen LogP contribution in [0.15, 0.2) is 53.5 Å². The molecule has 0 saturated carbocycles. The number of anilines is 1. The normalized spacial score (nSPS) is 12.5. The van der Waals surface area contributed by atoms with Gasteiger partial charge in [-0.2, -0.15) is 0 Å². The molecule has 0 aromatic heterocycles. The van der Waals surface area contributed by atoms with Gasteiger partial charge >= 0.3 is 0 Å². The first-order chi connectivity index (χ1) is 18.1. The molecular formula is C33H42Cl2N2O2. The van der Waals surface area contributed by atoms with E-state index in [2.05, 4.69) is 60.6 Å². The van der Waals surface area contributed by atoms with E-state index in [1.165, 1.54) is 11.6 Å². The number of hydrogen-bond donors (Lipinski definition) is 2. The number of nitrogens with zero attached hydrogens (tertiary/aromatic N) is 2. The molecule has 0 aliphatic rings. The Morgan fingerprint density at radius 3 is 2.26 bits per heavy atom. The Balaban J connectivity index is 2.01. The van der Waals surface area contributed by atoms with Crippen LogP contribution in [0.5, 0.6) is 11.5 Å². The van der Waals surface area contributed by atoms with Crippen LogP contribution in [-0.4, -0.2) is 23.5 Å². The van der Waals surface area contributed by atoms with Crippen LogP contribution in [0.3, 0.4) is 0 Å². The summed E-state index contributed by atoms with van der Waals surface area (Å²) >= 11 is 12.3. The van der Waals surface area contributed by atoms with Crippen LogP contribution in [0.1, 0.15) is 83.6 Å². The molecule has 3 aromatic rings. The number of phenols is 2. The maximum atomic E-state index is 11.3. The number of benzene rings is 3. The van der Waals surface area contributed by atoms with Crippen molar-refractivity contribution in [2.45, 2.75) is 78.7 Å². The predicted molar refractivity (Wildman–Crippen MR) is 168 cm³/mol. The molecule has 0 radical (unpaired) electrons. The molecule has 0 atom stereocenters. The van der Waals surface area contributed by atoms with Gasteiger partial charge in [0.2, 0.25) is 0 Å². The van der Waals surface area contributed by atoms with Crippen molar-refractivity contribution in [2.24, 2.45) is 10.9 Å². The highest BCUT2D eigenvalue weighted by Crippen LogP contribution is 2.40. The van der Waals surface area contributed by atoms with Gasteiger partial charge in [0.15, 0.2) is 0 Å². The quantitative estimate of drug-likeness (QED) is 0.252. The predicted octanol–water partition coefficient (Wildman–Crippen LogP) is 9.80. The average Bonchev–Trinajstić information content (AvgIpc) is 2.84. The molecule has 3 rings (SSSR count). The van der Waals surface area contributed by atoms with Crippen molar-refractivity contribution in [1.29, 1.82) is 0 Å². The van der Waals surface area contributed by atoms with Crippen molar-refractivity contribution in [3.05, 3.63) is 80.8 Å². The van der Waals surface area contributed by atoms with Gasteiger partial charge in [-0.1, -0.05) is 96.3 Å². The summed E-state index contributed by atoms with van der Waals surface area (Å²) in [4.78, 5) is 6.82. The third kappa shape index (κ3) is 7.70. The number of halogens is 2. The van der Waals surface area contributed by atoms with E-state index in [0.29, 0.717) is 28.6 Å². The summed E-state index contributed by atoms with van der Waals surface area (Å²) in [5.41, 5.74) is 4.78. The molecule has 0 amide bonds. The molecule has 39 heavy (non-hydrogen) atoms. The van der Waals surface area contributed by atoms with Crippen LogP contribution in [-0.2, 0) is 17.4 Å². The van der Waals surface area contributed by atoms with Crippen molar-refractivity contribution in [2.75, 3.05) is 11.9 Å². The zero-order valence-electron chi connectivity index (χ0n) is 24.4. The second-order valence-electron chi connectivity index (χ2n) is 12.5. The molecule has 0 fully saturated rings. The first-order valence-electron chi connectivity index (χ1n) is 13.5. The fourth-order valence-electron chi connectivity index (χ4n) is 4.63. The van der Waals surface area contributed by atoms with Crippen molar-refractivity contribution >= 4 is 40.8 Å². The lowest BCUT2D eigenvalue weighted by Gasteiger charge is -2.30. The van der Waals surface area contributed by atoms with Crippen molar-refractivity contribution < 1.29 is 10.2 Å².